The van der Waals surface area contributed by atoms with E-state index in [2.05, 4.69) is 0 Å². The Morgan fingerprint density at radius 2 is 1.84 bits per heavy atom. The molecule has 31 heavy (non-hydrogen) atoms. The molecule has 0 aromatic heterocycles. The second-order valence-electron chi connectivity index (χ2n) is 9.19. The van der Waals surface area contributed by atoms with Gasteiger partial charge in [0.25, 0.3) is 0 Å². The molecule has 2 saturated heterocycles. The molecule has 0 saturated carbocycles. The molecule has 0 aliphatic carbocycles. The molecule has 2 aliphatic rings. The van der Waals surface area contributed by atoms with E-state index in [1.807, 2.05) is 51.1 Å². The van der Waals surface area contributed by atoms with Crippen molar-refractivity contribution < 1.29 is 28.5 Å². The van der Waals surface area contributed by atoms with Crippen LogP contribution in [-0.4, -0.2) is 73.3 Å². The van der Waals surface area contributed by atoms with Crippen LogP contribution in [-0.2, 0) is 25.6 Å². The summed E-state index contributed by atoms with van der Waals surface area (Å²) in [5.74, 6) is 0.218. The molecule has 0 N–H and O–H groups in total. The number of likely N-dealkylation sites (N-methyl/N-ethyl adjacent to an activating group) is 1. The molecule has 1 aromatic carbocycles. The summed E-state index contributed by atoms with van der Waals surface area (Å²) in [4.78, 5) is 27.7. The summed E-state index contributed by atoms with van der Waals surface area (Å²) in [5.41, 5.74) is 0.442. The molecule has 1 aromatic rings. The molecule has 2 aliphatic heterocycles. The highest BCUT2D eigenvalue weighted by Crippen LogP contribution is 2.28. The quantitative estimate of drug-likeness (QED) is 0.704. The summed E-state index contributed by atoms with van der Waals surface area (Å²) >= 11 is 0. The van der Waals surface area contributed by atoms with Gasteiger partial charge in [-0.15, -0.1) is 0 Å². The maximum absolute atomic E-state index is 12.3. The van der Waals surface area contributed by atoms with Crippen molar-refractivity contribution >= 4 is 12.2 Å². The molecule has 0 radical (unpaired) electrons. The summed E-state index contributed by atoms with van der Waals surface area (Å²) in [6, 6.07) is 9.66. The van der Waals surface area contributed by atoms with Gasteiger partial charge < -0.3 is 28.7 Å². The standard InChI is InChI=1S/C23H34N2O6/c1-23(2,3)31-21(26)24(4)14-19-16-28-20(30-19)18-10-12-25(13-11-18)22(27)29-15-17-8-6-5-7-9-17/h5-9,18-20H,10-16H2,1-4H3. The van der Waals surface area contributed by atoms with E-state index >= 15 is 0 Å². The minimum Gasteiger partial charge on any atom is -0.445 e. The summed E-state index contributed by atoms with van der Waals surface area (Å²) in [6.45, 7) is 7.89. The van der Waals surface area contributed by atoms with Crippen molar-refractivity contribution in [2.45, 2.75) is 58.2 Å². The Bertz CT molecular complexity index is 727. The first kappa shape index (κ1) is 23.3. The lowest BCUT2D eigenvalue weighted by molar-refractivity contribution is -0.110. The van der Waals surface area contributed by atoms with Crippen LogP contribution < -0.4 is 0 Å². The Kier molecular flexibility index (Phi) is 7.78. The Balaban J connectivity index is 1.37. The molecular formula is C23H34N2O6. The van der Waals surface area contributed by atoms with Crippen molar-refractivity contribution in [1.29, 1.82) is 0 Å². The number of hydrogen-bond acceptors (Lipinski definition) is 6. The lowest BCUT2D eigenvalue weighted by Crippen LogP contribution is -2.42. The Hall–Kier alpha value is -2.32. The van der Waals surface area contributed by atoms with Crippen molar-refractivity contribution in [3.05, 3.63) is 35.9 Å². The van der Waals surface area contributed by atoms with Crippen LogP contribution in [0.4, 0.5) is 9.59 Å². The van der Waals surface area contributed by atoms with Gasteiger partial charge in [-0.3, -0.25) is 0 Å². The number of carbonyl (C=O) groups is 2. The third kappa shape index (κ3) is 7.11. The molecular weight excluding hydrogens is 400 g/mol. The number of likely N-dealkylation sites (tertiary alicyclic amines) is 1. The van der Waals surface area contributed by atoms with E-state index in [0.29, 0.717) is 26.2 Å². The number of ether oxygens (including phenoxy) is 4. The van der Waals surface area contributed by atoms with E-state index in [4.69, 9.17) is 18.9 Å². The fourth-order valence-corrected chi connectivity index (χ4v) is 3.70. The highest BCUT2D eigenvalue weighted by Gasteiger charge is 2.36. The van der Waals surface area contributed by atoms with E-state index < -0.39 is 5.60 Å². The first-order chi connectivity index (χ1) is 14.7. The summed E-state index contributed by atoms with van der Waals surface area (Å²) in [6.07, 6.45) is 0.435. The summed E-state index contributed by atoms with van der Waals surface area (Å²) in [7, 11) is 1.70. The number of piperidine rings is 1. The fraction of sp³-hybridized carbons (Fsp3) is 0.652. The van der Waals surface area contributed by atoms with Crippen LogP contribution in [0.3, 0.4) is 0 Å². The molecule has 0 spiro atoms. The van der Waals surface area contributed by atoms with E-state index in [1.165, 1.54) is 4.90 Å². The van der Waals surface area contributed by atoms with Gasteiger partial charge in [0.2, 0.25) is 0 Å². The van der Waals surface area contributed by atoms with Gasteiger partial charge in [-0.1, -0.05) is 30.3 Å². The van der Waals surface area contributed by atoms with E-state index in [0.717, 1.165) is 18.4 Å². The molecule has 2 unspecified atom stereocenters. The van der Waals surface area contributed by atoms with Gasteiger partial charge in [-0.2, -0.15) is 0 Å². The zero-order valence-electron chi connectivity index (χ0n) is 18.9. The number of amides is 2. The van der Waals surface area contributed by atoms with Crippen LogP contribution in [0, 0.1) is 5.92 Å². The largest absolute Gasteiger partial charge is 0.445 e. The first-order valence-corrected chi connectivity index (χ1v) is 10.9. The average molecular weight is 435 g/mol. The number of hydrogen-bond donors (Lipinski definition) is 0. The molecule has 3 rings (SSSR count). The summed E-state index contributed by atoms with van der Waals surface area (Å²) in [5, 5.41) is 0. The first-order valence-electron chi connectivity index (χ1n) is 10.9. The van der Waals surface area contributed by atoms with Crippen LogP contribution in [0.15, 0.2) is 30.3 Å². The number of benzene rings is 1. The molecule has 2 atom stereocenters. The topological polar surface area (TPSA) is 77.5 Å². The molecule has 2 heterocycles. The van der Waals surface area contributed by atoms with E-state index in [-0.39, 0.29) is 37.1 Å². The lowest BCUT2D eigenvalue weighted by atomic mass is 9.96. The maximum Gasteiger partial charge on any atom is 0.410 e. The number of rotatable bonds is 5. The fourth-order valence-electron chi connectivity index (χ4n) is 3.70. The maximum atomic E-state index is 12.3. The molecule has 172 valence electrons. The van der Waals surface area contributed by atoms with Gasteiger partial charge in [-0.05, 0) is 39.2 Å². The monoisotopic (exact) mass is 434 g/mol. The predicted octanol–water partition coefficient (Wildman–Crippen LogP) is 3.64. The van der Waals surface area contributed by atoms with Gasteiger partial charge >= 0.3 is 12.2 Å². The van der Waals surface area contributed by atoms with Crippen molar-refractivity contribution in [2.75, 3.05) is 33.3 Å². The zero-order chi connectivity index (χ0) is 22.4. The van der Waals surface area contributed by atoms with Crippen molar-refractivity contribution in [2.24, 2.45) is 5.92 Å². The highest BCUT2D eigenvalue weighted by atomic mass is 16.7. The van der Waals surface area contributed by atoms with Crippen LogP contribution >= 0.6 is 0 Å². The molecule has 8 heteroatoms. The van der Waals surface area contributed by atoms with E-state index in [9.17, 15) is 9.59 Å². The van der Waals surface area contributed by atoms with Crippen molar-refractivity contribution in [1.82, 2.24) is 9.80 Å². The zero-order valence-corrected chi connectivity index (χ0v) is 18.9. The minimum atomic E-state index is -0.531. The lowest BCUT2D eigenvalue weighted by Gasteiger charge is -2.33. The number of nitrogens with zero attached hydrogens (tertiary/aromatic N) is 2. The number of carbonyl (C=O) groups excluding carboxylic acids is 2. The predicted molar refractivity (Wildman–Crippen MR) is 114 cm³/mol. The van der Waals surface area contributed by atoms with Gasteiger partial charge in [0, 0.05) is 26.1 Å². The smallest absolute Gasteiger partial charge is 0.410 e. The molecule has 0 bridgehead atoms. The molecule has 2 fully saturated rings. The average Bonchev–Trinajstić information content (AvgIpc) is 3.20. The Morgan fingerprint density at radius 3 is 2.48 bits per heavy atom. The van der Waals surface area contributed by atoms with Crippen LogP contribution in [0.25, 0.3) is 0 Å². The van der Waals surface area contributed by atoms with Gasteiger partial charge in [-0.25, -0.2) is 9.59 Å². The van der Waals surface area contributed by atoms with E-state index in [1.54, 1.807) is 11.9 Å². The summed E-state index contributed by atoms with van der Waals surface area (Å²) < 4.78 is 22.7. The third-order valence-corrected chi connectivity index (χ3v) is 5.34. The van der Waals surface area contributed by atoms with Gasteiger partial charge in [0.1, 0.15) is 18.3 Å². The van der Waals surface area contributed by atoms with Crippen molar-refractivity contribution in [3.63, 3.8) is 0 Å². The van der Waals surface area contributed by atoms with Gasteiger partial charge in [0.15, 0.2) is 6.29 Å². The second-order valence-corrected chi connectivity index (χ2v) is 9.19. The highest BCUT2D eigenvalue weighted by molar-refractivity contribution is 5.68. The SMILES string of the molecule is CN(CC1COC(C2CCN(C(=O)OCc3ccccc3)CC2)O1)C(=O)OC(C)(C)C. The second kappa shape index (κ2) is 10.3. The van der Waals surface area contributed by atoms with Crippen LogP contribution in [0.1, 0.15) is 39.2 Å². The Morgan fingerprint density at radius 1 is 1.16 bits per heavy atom. The van der Waals surface area contributed by atoms with Crippen LogP contribution in [0.2, 0.25) is 0 Å². The van der Waals surface area contributed by atoms with Gasteiger partial charge in [0.05, 0.1) is 13.2 Å². The van der Waals surface area contributed by atoms with Crippen molar-refractivity contribution in [3.8, 4) is 0 Å². The normalized spacial score (nSPS) is 22.3. The minimum absolute atomic E-state index is 0.184. The van der Waals surface area contributed by atoms with Crippen LogP contribution in [0.5, 0.6) is 0 Å². The molecule has 8 nitrogen and oxygen atoms in total. The Labute approximate surface area is 184 Å². The third-order valence-electron chi connectivity index (χ3n) is 5.34. The molecule has 2 amide bonds.